The Morgan fingerprint density at radius 1 is 1.21 bits per heavy atom. The maximum Gasteiger partial charge on any atom is 0.356 e. The first-order valence-electron chi connectivity index (χ1n) is 8.45. The molecule has 3 N–H and O–H groups in total. The molecule has 6 nitrogen and oxygen atoms in total. The van der Waals surface area contributed by atoms with Crippen molar-refractivity contribution in [2.75, 3.05) is 0 Å². The summed E-state index contributed by atoms with van der Waals surface area (Å²) in [6.07, 6.45) is 0. The lowest BCUT2D eigenvalue weighted by Crippen LogP contribution is -2.05. The first-order valence-corrected chi connectivity index (χ1v) is 10.3. The summed E-state index contributed by atoms with van der Waals surface area (Å²) in [5.41, 5.74) is 3.86. The number of nitrogens with zero attached hydrogens (tertiary/aromatic N) is 2. The third-order valence-electron chi connectivity index (χ3n) is 4.31. The monoisotopic (exact) mass is 408 g/mol. The van der Waals surface area contributed by atoms with Gasteiger partial charge in [0.25, 0.3) is 0 Å². The molecule has 3 aromatic rings. The van der Waals surface area contributed by atoms with E-state index in [1.165, 1.54) is 0 Å². The summed E-state index contributed by atoms with van der Waals surface area (Å²) < 4.78 is 1.66. The van der Waals surface area contributed by atoms with Crippen LogP contribution in [0.5, 0.6) is 0 Å². The summed E-state index contributed by atoms with van der Waals surface area (Å²) in [4.78, 5) is 12.9. The summed E-state index contributed by atoms with van der Waals surface area (Å²) in [7, 11) is 0. The molecule has 0 amide bonds. The van der Waals surface area contributed by atoms with Gasteiger partial charge in [0.1, 0.15) is 5.04 Å². The van der Waals surface area contributed by atoms with Crippen molar-refractivity contribution in [3.05, 3.63) is 65.4 Å². The minimum Gasteiger partial charge on any atom is -0.476 e. The van der Waals surface area contributed by atoms with Crippen molar-refractivity contribution in [2.24, 2.45) is 0 Å². The van der Waals surface area contributed by atoms with E-state index in [4.69, 9.17) is 10.8 Å². The number of carbonyl (C=O) groups is 1. The van der Waals surface area contributed by atoms with Crippen LogP contribution in [0.2, 0.25) is 0 Å². The maximum atomic E-state index is 11.8. The van der Waals surface area contributed by atoms with Gasteiger partial charge in [0.2, 0.25) is 0 Å². The Hall–Kier alpha value is -2.84. The van der Waals surface area contributed by atoms with Gasteiger partial charge in [-0.15, -0.1) is 11.8 Å². The van der Waals surface area contributed by atoms with Crippen molar-refractivity contribution in [3.63, 3.8) is 0 Å². The molecule has 0 unspecified atom stereocenters. The number of nitrogens with one attached hydrogen (secondary N) is 2. The largest absolute Gasteiger partial charge is 0.476 e. The number of aromatic nitrogens is 2. The summed E-state index contributed by atoms with van der Waals surface area (Å²) in [5.74, 6) is -0.499. The van der Waals surface area contributed by atoms with Gasteiger partial charge in [-0.3, -0.25) is 10.8 Å². The van der Waals surface area contributed by atoms with Crippen molar-refractivity contribution in [1.82, 2.24) is 9.78 Å². The zero-order valence-corrected chi connectivity index (χ0v) is 16.5. The minimum atomic E-state index is -1.05. The molecule has 28 heavy (non-hydrogen) atoms. The Balaban J connectivity index is 1.90. The Morgan fingerprint density at radius 2 is 2.00 bits per heavy atom. The molecule has 0 spiro atoms. The van der Waals surface area contributed by atoms with Gasteiger partial charge in [0.05, 0.1) is 16.4 Å². The molecule has 1 aromatic heterocycles. The third-order valence-corrected chi connectivity index (χ3v) is 6.15. The zero-order valence-electron chi connectivity index (χ0n) is 14.9. The van der Waals surface area contributed by atoms with Crippen LogP contribution in [0.25, 0.3) is 16.9 Å². The number of benzene rings is 2. The van der Waals surface area contributed by atoms with Crippen LogP contribution in [-0.4, -0.2) is 30.9 Å². The lowest BCUT2D eigenvalue weighted by atomic mass is 10.1. The number of carboxylic acid groups (broad SMARTS) is 1. The van der Waals surface area contributed by atoms with Gasteiger partial charge in [-0.05, 0) is 25.1 Å². The fraction of sp³-hybridized carbons (Fsp3) is 0.100. The molecule has 0 radical (unpaired) electrons. The Kier molecular flexibility index (Phi) is 4.82. The molecule has 1 aliphatic heterocycles. The van der Waals surface area contributed by atoms with Crippen LogP contribution in [0.1, 0.15) is 28.5 Å². The average Bonchev–Trinajstić information content (AvgIpc) is 3.08. The maximum absolute atomic E-state index is 11.8. The van der Waals surface area contributed by atoms with Gasteiger partial charge < -0.3 is 5.11 Å². The van der Waals surface area contributed by atoms with E-state index in [1.54, 1.807) is 29.4 Å². The Bertz CT molecular complexity index is 1140. The highest BCUT2D eigenvalue weighted by atomic mass is 32.2. The molecule has 2 aromatic carbocycles. The van der Waals surface area contributed by atoms with Crippen LogP contribution < -0.4 is 0 Å². The van der Waals surface area contributed by atoms with Crippen LogP contribution in [0.15, 0.2) is 53.4 Å². The van der Waals surface area contributed by atoms with E-state index in [0.717, 1.165) is 27.9 Å². The fourth-order valence-corrected chi connectivity index (χ4v) is 4.77. The van der Waals surface area contributed by atoms with Gasteiger partial charge in [-0.2, -0.15) is 5.10 Å². The highest BCUT2D eigenvalue weighted by Crippen LogP contribution is 2.43. The number of thioether (sulfide) groups is 2. The van der Waals surface area contributed by atoms with Crippen LogP contribution in [-0.2, 0) is 5.75 Å². The lowest BCUT2D eigenvalue weighted by molar-refractivity contribution is 0.0689. The van der Waals surface area contributed by atoms with Crippen LogP contribution in [0.4, 0.5) is 0 Å². The molecule has 0 saturated heterocycles. The molecule has 2 heterocycles. The second-order valence-electron chi connectivity index (χ2n) is 6.22. The normalized spacial score (nSPS) is 12.2. The average molecular weight is 409 g/mol. The van der Waals surface area contributed by atoms with E-state index < -0.39 is 5.97 Å². The van der Waals surface area contributed by atoms with E-state index in [-0.39, 0.29) is 10.7 Å². The fourth-order valence-electron chi connectivity index (χ4n) is 3.15. The van der Waals surface area contributed by atoms with Gasteiger partial charge in [-0.25, -0.2) is 9.48 Å². The molecule has 1 aliphatic rings. The molecule has 0 atom stereocenters. The van der Waals surface area contributed by atoms with E-state index >= 15 is 0 Å². The molecular formula is C20H16N4O2S2. The Morgan fingerprint density at radius 3 is 2.75 bits per heavy atom. The topological polar surface area (TPSA) is 103 Å². The number of fused-ring (bicyclic) bond motifs is 3. The van der Waals surface area contributed by atoms with Crippen molar-refractivity contribution in [3.8, 4) is 16.9 Å². The number of aromatic carboxylic acids is 1. The molecule has 0 aliphatic carbocycles. The van der Waals surface area contributed by atoms with E-state index in [9.17, 15) is 9.90 Å². The predicted octanol–water partition coefficient (Wildman–Crippen LogP) is 4.90. The van der Waals surface area contributed by atoms with E-state index in [1.807, 2.05) is 42.5 Å². The lowest BCUT2D eigenvalue weighted by Gasteiger charge is -2.18. The third kappa shape index (κ3) is 3.25. The number of hydrogen-bond donors (Lipinski definition) is 3. The van der Waals surface area contributed by atoms with Crippen LogP contribution in [0, 0.1) is 10.8 Å². The molecule has 0 saturated carbocycles. The second kappa shape index (κ2) is 7.29. The first-order chi connectivity index (χ1) is 13.5. The standard InChI is InChI=1S/C20H16N4O2S2/c1-11(21)28-19(22)12-5-4-6-13(9-12)24-18-14-7-2-3-8-16(14)27-10-15(18)17(23-24)20(25)26/h2-9,21-22H,10H2,1H3,(H,25,26). The molecular weight excluding hydrogens is 392 g/mol. The van der Waals surface area contributed by atoms with Gasteiger partial charge in [0, 0.05) is 27.3 Å². The van der Waals surface area contributed by atoms with Crippen molar-refractivity contribution in [2.45, 2.75) is 17.6 Å². The smallest absolute Gasteiger partial charge is 0.356 e. The number of hydrogen-bond acceptors (Lipinski definition) is 6. The van der Waals surface area contributed by atoms with E-state index in [2.05, 4.69) is 5.10 Å². The summed E-state index contributed by atoms with van der Waals surface area (Å²) in [6, 6.07) is 15.2. The zero-order chi connectivity index (χ0) is 19.8. The highest BCUT2D eigenvalue weighted by Gasteiger charge is 2.29. The number of rotatable bonds is 3. The number of carboxylic acids is 1. The van der Waals surface area contributed by atoms with Crippen LogP contribution >= 0.6 is 23.5 Å². The van der Waals surface area contributed by atoms with Gasteiger partial charge in [-0.1, -0.05) is 42.1 Å². The van der Waals surface area contributed by atoms with Gasteiger partial charge >= 0.3 is 5.97 Å². The molecule has 140 valence electrons. The van der Waals surface area contributed by atoms with Crippen LogP contribution in [0.3, 0.4) is 0 Å². The molecule has 0 bridgehead atoms. The SMILES string of the molecule is CC(=N)SC(=N)c1cccc(-n2nc(C(=O)O)c3c2-c2ccccc2SC3)c1. The molecule has 0 fully saturated rings. The van der Waals surface area contributed by atoms with E-state index in [0.29, 0.717) is 27.6 Å². The predicted molar refractivity (Wildman–Crippen MR) is 113 cm³/mol. The highest BCUT2D eigenvalue weighted by molar-refractivity contribution is 8.26. The van der Waals surface area contributed by atoms with Crippen molar-refractivity contribution < 1.29 is 9.90 Å². The second-order valence-corrected chi connectivity index (χ2v) is 8.46. The van der Waals surface area contributed by atoms with Crippen molar-refractivity contribution >= 4 is 39.6 Å². The van der Waals surface area contributed by atoms with Crippen molar-refractivity contribution in [1.29, 1.82) is 10.8 Å². The molecule has 8 heteroatoms. The Labute approximate surface area is 170 Å². The minimum absolute atomic E-state index is 0.0576. The summed E-state index contributed by atoms with van der Waals surface area (Å²) in [5, 5.41) is 30.4. The molecule has 4 rings (SSSR count). The van der Waals surface area contributed by atoms with Gasteiger partial charge in [0.15, 0.2) is 5.69 Å². The quantitative estimate of drug-likeness (QED) is 0.422. The summed E-state index contributed by atoms with van der Waals surface area (Å²) in [6.45, 7) is 1.64. The first kappa shape index (κ1) is 18.5. The summed E-state index contributed by atoms with van der Waals surface area (Å²) >= 11 is 2.69.